The molecule has 4 heteroatoms. The van der Waals surface area contributed by atoms with Crippen molar-refractivity contribution in [3.05, 3.63) is 59.2 Å². The van der Waals surface area contributed by atoms with Crippen LogP contribution in [0.15, 0.2) is 42.5 Å². The summed E-state index contributed by atoms with van der Waals surface area (Å²) in [5.41, 5.74) is 2.82. The van der Waals surface area contributed by atoms with Gasteiger partial charge in [-0.25, -0.2) is 0 Å². The van der Waals surface area contributed by atoms with E-state index in [2.05, 4.69) is 5.32 Å². The number of fused-ring (bicyclic) bond motifs is 1. The molecule has 2 aromatic rings. The van der Waals surface area contributed by atoms with E-state index in [9.17, 15) is 4.79 Å². The Morgan fingerprint density at radius 2 is 1.91 bits per heavy atom. The number of benzene rings is 2. The van der Waals surface area contributed by atoms with Gasteiger partial charge in [-0.3, -0.25) is 4.79 Å². The molecule has 0 saturated heterocycles. The van der Waals surface area contributed by atoms with Crippen LogP contribution in [0.5, 0.6) is 11.5 Å². The molecule has 0 saturated carbocycles. The van der Waals surface area contributed by atoms with Crippen LogP contribution in [0.1, 0.15) is 21.5 Å². The van der Waals surface area contributed by atoms with Crippen LogP contribution >= 0.6 is 0 Å². The second-order valence-corrected chi connectivity index (χ2v) is 5.46. The van der Waals surface area contributed by atoms with Gasteiger partial charge in [0.2, 0.25) is 0 Å². The molecule has 0 aromatic heterocycles. The van der Waals surface area contributed by atoms with Gasteiger partial charge in [0.1, 0.15) is 12.7 Å². The number of rotatable bonds is 3. The standard InChI is InChI=1S/C18H19NO3/c1-12-6-5-7-15(13(12)2)18(20)19-10-14-11-21-16-8-3-4-9-17(16)22-14/h3-9,14H,10-11H2,1-2H3,(H,19,20)/t14-/m1/s1. The molecule has 0 fully saturated rings. The largest absolute Gasteiger partial charge is 0.486 e. The van der Waals surface area contributed by atoms with Crippen molar-refractivity contribution in [3.63, 3.8) is 0 Å². The van der Waals surface area contributed by atoms with Crippen molar-refractivity contribution in [2.75, 3.05) is 13.2 Å². The quantitative estimate of drug-likeness (QED) is 0.947. The summed E-state index contributed by atoms with van der Waals surface area (Å²) >= 11 is 0. The second kappa shape index (κ2) is 6.10. The summed E-state index contributed by atoms with van der Waals surface area (Å²) in [6, 6.07) is 13.3. The molecule has 0 bridgehead atoms. The Morgan fingerprint density at radius 3 is 2.73 bits per heavy atom. The van der Waals surface area contributed by atoms with Crippen molar-refractivity contribution in [1.82, 2.24) is 5.32 Å². The molecule has 0 radical (unpaired) electrons. The summed E-state index contributed by atoms with van der Waals surface area (Å²) in [5, 5.41) is 2.92. The highest BCUT2D eigenvalue weighted by molar-refractivity contribution is 5.95. The number of hydrogen-bond donors (Lipinski definition) is 1. The van der Waals surface area contributed by atoms with E-state index in [1.54, 1.807) is 0 Å². The van der Waals surface area contributed by atoms with Gasteiger partial charge < -0.3 is 14.8 Å². The number of aryl methyl sites for hydroxylation is 1. The molecule has 1 heterocycles. The lowest BCUT2D eigenvalue weighted by atomic mass is 10.0. The van der Waals surface area contributed by atoms with E-state index >= 15 is 0 Å². The maximum Gasteiger partial charge on any atom is 0.251 e. The number of ether oxygens (including phenoxy) is 2. The summed E-state index contributed by atoms with van der Waals surface area (Å²) in [4.78, 5) is 12.3. The monoisotopic (exact) mass is 297 g/mol. The summed E-state index contributed by atoms with van der Waals surface area (Å²) in [5.74, 6) is 1.39. The summed E-state index contributed by atoms with van der Waals surface area (Å²) < 4.78 is 11.5. The Hall–Kier alpha value is -2.49. The number of hydrogen-bond acceptors (Lipinski definition) is 3. The fraction of sp³-hybridized carbons (Fsp3) is 0.278. The van der Waals surface area contributed by atoms with Gasteiger partial charge in [0.25, 0.3) is 5.91 Å². The molecule has 1 N–H and O–H groups in total. The summed E-state index contributed by atoms with van der Waals surface area (Å²) in [7, 11) is 0. The van der Waals surface area contributed by atoms with Gasteiger partial charge in [-0.05, 0) is 43.2 Å². The Morgan fingerprint density at radius 1 is 1.14 bits per heavy atom. The van der Waals surface area contributed by atoms with Gasteiger partial charge in [0.15, 0.2) is 11.5 Å². The van der Waals surface area contributed by atoms with Crippen molar-refractivity contribution >= 4 is 5.91 Å². The molecule has 4 nitrogen and oxygen atoms in total. The van der Waals surface area contributed by atoms with E-state index in [1.165, 1.54) is 0 Å². The van der Waals surface area contributed by atoms with Crippen molar-refractivity contribution in [2.45, 2.75) is 20.0 Å². The number of para-hydroxylation sites is 2. The van der Waals surface area contributed by atoms with Gasteiger partial charge in [-0.1, -0.05) is 24.3 Å². The van der Waals surface area contributed by atoms with Gasteiger partial charge in [0, 0.05) is 5.56 Å². The fourth-order valence-electron chi connectivity index (χ4n) is 2.46. The average Bonchev–Trinajstić information content (AvgIpc) is 2.55. The molecule has 2 aromatic carbocycles. The zero-order chi connectivity index (χ0) is 15.5. The number of nitrogens with one attached hydrogen (secondary N) is 1. The fourth-order valence-corrected chi connectivity index (χ4v) is 2.46. The molecule has 1 aliphatic heterocycles. The average molecular weight is 297 g/mol. The molecule has 0 unspecified atom stereocenters. The lowest BCUT2D eigenvalue weighted by molar-refractivity contribution is 0.0789. The van der Waals surface area contributed by atoms with Gasteiger partial charge in [0.05, 0.1) is 6.54 Å². The minimum Gasteiger partial charge on any atom is -0.486 e. The van der Waals surface area contributed by atoms with Gasteiger partial charge >= 0.3 is 0 Å². The minimum absolute atomic E-state index is 0.0799. The lowest BCUT2D eigenvalue weighted by Crippen LogP contribution is -2.40. The number of carbonyl (C=O) groups excluding carboxylic acids is 1. The Balaban J connectivity index is 1.62. The zero-order valence-corrected chi connectivity index (χ0v) is 12.8. The lowest BCUT2D eigenvalue weighted by Gasteiger charge is -2.26. The van der Waals surface area contributed by atoms with E-state index in [4.69, 9.17) is 9.47 Å². The van der Waals surface area contributed by atoms with Crippen LogP contribution < -0.4 is 14.8 Å². The van der Waals surface area contributed by atoms with E-state index in [-0.39, 0.29) is 12.0 Å². The predicted octanol–water partition coefficient (Wildman–Crippen LogP) is 2.87. The van der Waals surface area contributed by atoms with Crippen LogP contribution in [-0.4, -0.2) is 25.2 Å². The summed E-state index contributed by atoms with van der Waals surface area (Å²) in [6.45, 7) is 4.81. The van der Waals surface area contributed by atoms with Gasteiger partial charge in [-0.15, -0.1) is 0 Å². The molecule has 22 heavy (non-hydrogen) atoms. The minimum atomic E-state index is -0.177. The predicted molar refractivity (Wildman–Crippen MR) is 84.6 cm³/mol. The third-order valence-corrected chi connectivity index (χ3v) is 3.91. The zero-order valence-electron chi connectivity index (χ0n) is 12.8. The van der Waals surface area contributed by atoms with Gasteiger partial charge in [-0.2, -0.15) is 0 Å². The van der Waals surface area contributed by atoms with Crippen molar-refractivity contribution in [3.8, 4) is 11.5 Å². The van der Waals surface area contributed by atoms with Crippen LogP contribution in [0.25, 0.3) is 0 Å². The normalized spacial score (nSPS) is 16.2. The molecular weight excluding hydrogens is 278 g/mol. The summed E-state index contributed by atoms with van der Waals surface area (Å²) in [6.07, 6.45) is -0.177. The van der Waals surface area contributed by atoms with Crippen LogP contribution in [-0.2, 0) is 0 Å². The maximum absolute atomic E-state index is 12.3. The van der Waals surface area contributed by atoms with E-state index in [1.807, 2.05) is 56.3 Å². The smallest absolute Gasteiger partial charge is 0.251 e. The first kappa shape index (κ1) is 14.4. The number of carbonyl (C=O) groups is 1. The highest BCUT2D eigenvalue weighted by Gasteiger charge is 2.21. The molecule has 1 amide bonds. The van der Waals surface area contributed by atoms with Crippen LogP contribution in [0.4, 0.5) is 0 Å². The molecule has 0 spiro atoms. The third kappa shape index (κ3) is 2.91. The SMILES string of the molecule is Cc1cccc(C(=O)NC[C@@H]2COc3ccccc3O2)c1C. The first-order chi connectivity index (χ1) is 10.6. The highest BCUT2D eigenvalue weighted by Crippen LogP contribution is 2.30. The first-order valence-electron chi connectivity index (χ1n) is 7.38. The van der Waals surface area contributed by atoms with Crippen molar-refractivity contribution in [1.29, 1.82) is 0 Å². The third-order valence-electron chi connectivity index (χ3n) is 3.91. The molecule has 3 rings (SSSR count). The van der Waals surface area contributed by atoms with Crippen molar-refractivity contribution in [2.24, 2.45) is 0 Å². The topological polar surface area (TPSA) is 47.6 Å². The molecule has 0 aliphatic carbocycles. The van der Waals surface area contributed by atoms with E-state index in [0.29, 0.717) is 18.7 Å². The number of amides is 1. The molecule has 1 aliphatic rings. The van der Waals surface area contributed by atoms with Crippen molar-refractivity contribution < 1.29 is 14.3 Å². The maximum atomic E-state index is 12.3. The Kier molecular flexibility index (Phi) is 4.00. The highest BCUT2D eigenvalue weighted by atomic mass is 16.6. The first-order valence-corrected chi connectivity index (χ1v) is 7.38. The van der Waals surface area contributed by atoms with Crippen LogP contribution in [0.2, 0.25) is 0 Å². The molecule has 1 atom stereocenters. The van der Waals surface area contributed by atoms with E-state index < -0.39 is 0 Å². The van der Waals surface area contributed by atoms with Crippen LogP contribution in [0, 0.1) is 13.8 Å². The molecule has 114 valence electrons. The Labute approximate surface area is 130 Å². The Bertz CT molecular complexity index is 696. The molecular formula is C18H19NO3. The second-order valence-electron chi connectivity index (χ2n) is 5.46. The van der Waals surface area contributed by atoms with E-state index in [0.717, 1.165) is 22.6 Å². The van der Waals surface area contributed by atoms with Crippen LogP contribution in [0.3, 0.4) is 0 Å².